The van der Waals surface area contributed by atoms with Gasteiger partial charge in [-0.1, -0.05) is 0 Å². The van der Waals surface area contributed by atoms with Crippen molar-refractivity contribution in [3.8, 4) is 5.88 Å². The topological polar surface area (TPSA) is 27.1 Å². The molecular weight excluding hydrogens is 164 g/mol. The number of hydrogen-bond donors (Lipinski definition) is 0. The van der Waals surface area contributed by atoms with Crippen LogP contribution in [-0.2, 0) is 6.54 Å². The van der Waals surface area contributed by atoms with E-state index in [4.69, 9.17) is 4.74 Å². The third-order valence-electron chi connectivity index (χ3n) is 2.20. The maximum atomic E-state index is 5.16. The van der Waals surface area contributed by atoms with E-state index >= 15 is 0 Å². The molecule has 0 aliphatic heterocycles. The molecule has 0 aromatic carbocycles. The second-order valence-corrected chi connectivity index (χ2v) is 2.85. The van der Waals surface area contributed by atoms with Crippen LogP contribution in [0.15, 0.2) is 24.5 Å². The van der Waals surface area contributed by atoms with Gasteiger partial charge in [0.15, 0.2) is 0 Å². The lowest BCUT2D eigenvalue weighted by Crippen LogP contribution is -1.92. The van der Waals surface area contributed by atoms with Crippen molar-refractivity contribution in [2.75, 3.05) is 7.11 Å². The van der Waals surface area contributed by atoms with Crippen LogP contribution in [0.4, 0.5) is 0 Å². The van der Waals surface area contributed by atoms with Gasteiger partial charge in [0.1, 0.15) is 0 Å². The van der Waals surface area contributed by atoms with Crippen LogP contribution in [0.2, 0.25) is 0 Å². The number of pyridine rings is 1. The summed E-state index contributed by atoms with van der Waals surface area (Å²) in [7, 11) is 1.64. The highest BCUT2D eigenvalue weighted by molar-refractivity contribution is 5.84. The molecule has 2 aromatic rings. The first-order valence-corrected chi connectivity index (χ1v) is 4.34. The number of rotatable bonds is 2. The Morgan fingerprint density at radius 2 is 2.31 bits per heavy atom. The molecule has 0 aliphatic carbocycles. The fourth-order valence-electron chi connectivity index (χ4n) is 1.53. The molecule has 0 spiro atoms. The Morgan fingerprint density at radius 1 is 1.46 bits per heavy atom. The van der Waals surface area contributed by atoms with Gasteiger partial charge in [0.05, 0.1) is 18.0 Å². The maximum Gasteiger partial charge on any atom is 0.222 e. The first-order valence-electron chi connectivity index (χ1n) is 4.34. The quantitative estimate of drug-likeness (QED) is 0.700. The van der Waals surface area contributed by atoms with Gasteiger partial charge < -0.3 is 9.30 Å². The molecule has 2 aromatic heterocycles. The molecule has 0 fully saturated rings. The molecule has 0 aliphatic rings. The number of methoxy groups -OCH3 is 1. The van der Waals surface area contributed by atoms with E-state index in [2.05, 4.69) is 22.7 Å². The summed E-state index contributed by atoms with van der Waals surface area (Å²) in [4.78, 5) is 4.14. The summed E-state index contributed by atoms with van der Waals surface area (Å²) >= 11 is 0. The number of hydrogen-bond acceptors (Lipinski definition) is 2. The molecule has 2 heterocycles. The zero-order chi connectivity index (χ0) is 9.26. The van der Waals surface area contributed by atoms with Crippen LogP contribution in [0.1, 0.15) is 6.92 Å². The first-order chi connectivity index (χ1) is 6.36. The second-order valence-electron chi connectivity index (χ2n) is 2.85. The van der Waals surface area contributed by atoms with Crippen molar-refractivity contribution in [2.24, 2.45) is 0 Å². The van der Waals surface area contributed by atoms with Crippen molar-refractivity contribution in [1.82, 2.24) is 9.55 Å². The molecule has 0 atom stereocenters. The van der Waals surface area contributed by atoms with Crippen molar-refractivity contribution in [3.63, 3.8) is 0 Å². The van der Waals surface area contributed by atoms with E-state index in [0.29, 0.717) is 5.88 Å². The van der Waals surface area contributed by atoms with Crippen LogP contribution in [0.25, 0.3) is 10.9 Å². The lowest BCUT2D eigenvalue weighted by atomic mass is 10.3. The Morgan fingerprint density at radius 3 is 3.00 bits per heavy atom. The highest BCUT2D eigenvalue weighted by Crippen LogP contribution is 2.23. The minimum atomic E-state index is 0.699. The average Bonchev–Trinajstić information content (AvgIpc) is 2.60. The molecule has 0 bridgehead atoms. The lowest BCUT2D eigenvalue weighted by Gasteiger charge is -2.02. The summed E-state index contributed by atoms with van der Waals surface area (Å²) in [6, 6.07) is 4.03. The summed E-state index contributed by atoms with van der Waals surface area (Å²) in [6.07, 6.45) is 3.82. The van der Waals surface area contributed by atoms with Crippen LogP contribution in [0, 0.1) is 0 Å². The van der Waals surface area contributed by atoms with E-state index in [9.17, 15) is 0 Å². The Labute approximate surface area is 77.0 Å². The zero-order valence-electron chi connectivity index (χ0n) is 7.82. The number of aromatic nitrogens is 2. The molecule has 0 saturated heterocycles. The standard InChI is InChI=1S/C10H12N2O/c1-3-12-7-5-8-9(12)4-6-11-10(8)13-2/h4-7H,3H2,1-2H3. The number of nitrogens with zero attached hydrogens (tertiary/aromatic N) is 2. The van der Waals surface area contributed by atoms with Gasteiger partial charge in [-0.05, 0) is 19.1 Å². The maximum absolute atomic E-state index is 5.16. The molecule has 13 heavy (non-hydrogen) atoms. The van der Waals surface area contributed by atoms with Crippen molar-refractivity contribution in [2.45, 2.75) is 13.5 Å². The Hall–Kier alpha value is -1.51. The van der Waals surface area contributed by atoms with E-state index < -0.39 is 0 Å². The SMILES string of the molecule is CCn1ccc2c(OC)nccc21. The lowest BCUT2D eigenvalue weighted by molar-refractivity contribution is 0.403. The van der Waals surface area contributed by atoms with Gasteiger partial charge in [-0.25, -0.2) is 4.98 Å². The summed E-state index contributed by atoms with van der Waals surface area (Å²) in [6.45, 7) is 3.09. The molecular formula is C10H12N2O. The van der Waals surface area contributed by atoms with E-state index in [1.807, 2.05) is 12.1 Å². The van der Waals surface area contributed by atoms with Gasteiger partial charge >= 0.3 is 0 Å². The number of ether oxygens (including phenoxy) is 1. The van der Waals surface area contributed by atoms with Gasteiger partial charge in [-0.2, -0.15) is 0 Å². The van der Waals surface area contributed by atoms with Gasteiger partial charge in [0.25, 0.3) is 0 Å². The van der Waals surface area contributed by atoms with Crippen LogP contribution >= 0.6 is 0 Å². The molecule has 0 N–H and O–H groups in total. The smallest absolute Gasteiger partial charge is 0.222 e. The highest BCUT2D eigenvalue weighted by atomic mass is 16.5. The molecule has 0 saturated carbocycles. The fourth-order valence-corrected chi connectivity index (χ4v) is 1.53. The normalized spacial score (nSPS) is 10.6. The van der Waals surface area contributed by atoms with E-state index in [1.54, 1.807) is 13.3 Å². The average molecular weight is 176 g/mol. The van der Waals surface area contributed by atoms with Crippen molar-refractivity contribution in [1.29, 1.82) is 0 Å². The van der Waals surface area contributed by atoms with Crippen molar-refractivity contribution >= 4 is 10.9 Å². The zero-order valence-corrected chi connectivity index (χ0v) is 7.82. The van der Waals surface area contributed by atoms with Crippen LogP contribution < -0.4 is 4.74 Å². The molecule has 3 heteroatoms. The third-order valence-corrected chi connectivity index (χ3v) is 2.20. The van der Waals surface area contributed by atoms with Gasteiger partial charge in [0, 0.05) is 18.9 Å². The van der Waals surface area contributed by atoms with Crippen LogP contribution in [0.5, 0.6) is 5.88 Å². The molecule has 2 rings (SSSR count). The molecule has 0 unspecified atom stereocenters. The summed E-state index contributed by atoms with van der Waals surface area (Å²) in [5.74, 6) is 0.699. The summed E-state index contributed by atoms with van der Waals surface area (Å²) < 4.78 is 7.33. The predicted molar refractivity (Wildman–Crippen MR) is 52.0 cm³/mol. The molecule has 68 valence electrons. The largest absolute Gasteiger partial charge is 0.481 e. The highest BCUT2D eigenvalue weighted by Gasteiger charge is 2.04. The van der Waals surface area contributed by atoms with Crippen LogP contribution in [-0.4, -0.2) is 16.7 Å². The van der Waals surface area contributed by atoms with Crippen molar-refractivity contribution in [3.05, 3.63) is 24.5 Å². The predicted octanol–water partition coefficient (Wildman–Crippen LogP) is 2.06. The number of aryl methyl sites for hydroxylation is 1. The fraction of sp³-hybridized carbons (Fsp3) is 0.300. The second kappa shape index (κ2) is 3.09. The Balaban J connectivity index is 2.72. The number of fused-ring (bicyclic) bond motifs is 1. The monoisotopic (exact) mass is 176 g/mol. The Kier molecular flexibility index (Phi) is 1.93. The third kappa shape index (κ3) is 1.16. The first kappa shape index (κ1) is 8.10. The van der Waals surface area contributed by atoms with Crippen molar-refractivity contribution < 1.29 is 4.74 Å². The van der Waals surface area contributed by atoms with Crippen LogP contribution in [0.3, 0.4) is 0 Å². The van der Waals surface area contributed by atoms with Gasteiger partial charge in [-0.3, -0.25) is 0 Å². The minimum Gasteiger partial charge on any atom is -0.481 e. The van der Waals surface area contributed by atoms with Gasteiger partial charge in [-0.15, -0.1) is 0 Å². The summed E-state index contributed by atoms with van der Waals surface area (Å²) in [5.41, 5.74) is 1.18. The van der Waals surface area contributed by atoms with E-state index in [-0.39, 0.29) is 0 Å². The van der Waals surface area contributed by atoms with Gasteiger partial charge in [0.2, 0.25) is 5.88 Å². The minimum absolute atomic E-state index is 0.699. The summed E-state index contributed by atoms with van der Waals surface area (Å²) in [5, 5.41) is 1.08. The molecule has 0 radical (unpaired) electrons. The van der Waals surface area contributed by atoms with E-state index in [1.165, 1.54) is 5.52 Å². The Bertz CT molecular complexity index is 420. The molecule has 0 amide bonds. The van der Waals surface area contributed by atoms with E-state index in [0.717, 1.165) is 11.9 Å². The molecule has 3 nitrogen and oxygen atoms in total.